The molecule has 0 saturated heterocycles. The Morgan fingerprint density at radius 1 is 1.17 bits per heavy atom. The van der Waals surface area contributed by atoms with Gasteiger partial charge in [0.25, 0.3) is 0 Å². The first-order valence-electron chi connectivity index (χ1n) is 7.40. The lowest BCUT2D eigenvalue weighted by atomic mass is 9.82. The van der Waals surface area contributed by atoms with Crippen LogP contribution in [0.2, 0.25) is 0 Å². The van der Waals surface area contributed by atoms with E-state index >= 15 is 0 Å². The molecule has 1 fully saturated rings. The van der Waals surface area contributed by atoms with Gasteiger partial charge >= 0.3 is 0 Å². The summed E-state index contributed by atoms with van der Waals surface area (Å²) in [6, 6.07) is 0. The maximum atomic E-state index is 5.82. The summed E-state index contributed by atoms with van der Waals surface area (Å²) in [6.45, 7) is 4.19. The lowest BCUT2D eigenvalue weighted by Crippen LogP contribution is -2.28. The highest BCUT2D eigenvalue weighted by molar-refractivity contribution is 5.06. The molecule has 0 bridgehead atoms. The Hall–Kier alpha value is -0.900. The van der Waals surface area contributed by atoms with E-state index in [4.69, 9.17) is 5.73 Å². The van der Waals surface area contributed by atoms with Crippen molar-refractivity contribution in [1.29, 1.82) is 0 Å². The van der Waals surface area contributed by atoms with Crippen LogP contribution in [0.4, 0.5) is 0 Å². The molecule has 2 N–H and O–H groups in total. The molecule has 100 valence electrons. The van der Waals surface area contributed by atoms with Gasteiger partial charge in [-0.05, 0) is 37.6 Å². The average Bonchev–Trinajstić information content (AvgIpc) is 2.82. The van der Waals surface area contributed by atoms with Gasteiger partial charge in [0.2, 0.25) is 0 Å². The number of rotatable bonds is 2. The largest absolute Gasteiger partial charge is 0.330 e. The maximum absolute atomic E-state index is 5.82. The number of fused-ring (bicyclic) bond motifs is 1. The topological polar surface area (TPSA) is 56.7 Å². The van der Waals surface area contributed by atoms with E-state index in [1.807, 2.05) is 0 Å². The van der Waals surface area contributed by atoms with Crippen LogP contribution in [0.15, 0.2) is 0 Å². The number of hydrogen-bond acceptors (Lipinski definition) is 3. The van der Waals surface area contributed by atoms with Crippen molar-refractivity contribution in [2.75, 3.05) is 6.54 Å². The van der Waals surface area contributed by atoms with Gasteiger partial charge in [0.1, 0.15) is 11.6 Å². The van der Waals surface area contributed by atoms with Crippen LogP contribution in [0.3, 0.4) is 0 Å². The van der Waals surface area contributed by atoms with E-state index < -0.39 is 0 Å². The predicted octanol–water partition coefficient (Wildman–Crippen LogP) is 2.09. The fourth-order valence-electron chi connectivity index (χ4n) is 3.43. The zero-order valence-electron chi connectivity index (χ0n) is 11.3. The molecule has 2 heterocycles. The number of nitrogens with two attached hydrogens (primary N) is 1. The van der Waals surface area contributed by atoms with Crippen molar-refractivity contribution in [1.82, 2.24) is 14.8 Å². The minimum absolute atomic E-state index is 0.620. The van der Waals surface area contributed by atoms with Gasteiger partial charge in [0.15, 0.2) is 0 Å². The van der Waals surface area contributed by atoms with Crippen molar-refractivity contribution in [2.24, 2.45) is 17.6 Å². The van der Waals surface area contributed by atoms with Crippen LogP contribution in [0.5, 0.6) is 0 Å². The van der Waals surface area contributed by atoms with Gasteiger partial charge in [-0.25, -0.2) is 0 Å². The van der Waals surface area contributed by atoms with Crippen molar-refractivity contribution in [3.8, 4) is 0 Å². The molecule has 1 aliphatic carbocycles. The van der Waals surface area contributed by atoms with E-state index in [0.717, 1.165) is 25.4 Å². The molecule has 1 unspecified atom stereocenters. The quantitative estimate of drug-likeness (QED) is 0.872. The number of aromatic nitrogens is 3. The normalized spacial score (nSPS) is 32.2. The zero-order valence-corrected chi connectivity index (χ0v) is 11.3. The van der Waals surface area contributed by atoms with Crippen molar-refractivity contribution in [3.63, 3.8) is 0 Å². The minimum atomic E-state index is 0.620. The van der Waals surface area contributed by atoms with Crippen LogP contribution >= 0.6 is 0 Å². The highest BCUT2D eigenvalue weighted by atomic mass is 15.3. The first-order chi connectivity index (χ1) is 8.78. The van der Waals surface area contributed by atoms with E-state index in [0.29, 0.717) is 11.8 Å². The number of nitrogens with zero attached hydrogens (tertiary/aromatic N) is 3. The van der Waals surface area contributed by atoms with Crippen molar-refractivity contribution >= 4 is 0 Å². The molecule has 0 radical (unpaired) electrons. The Kier molecular flexibility index (Phi) is 3.37. The Morgan fingerprint density at radius 3 is 2.67 bits per heavy atom. The van der Waals surface area contributed by atoms with Gasteiger partial charge in [0, 0.05) is 18.9 Å². The summed E-state index contributed by atoms with van der Waals surface area (Å²) in [5.74, 6) is 4.58. The fraction of sp³-hybridized carbons (Fsp3) is 0.857. The van der Waals surface area contributed by atoms with Gasteiger partial charge in [-0.1, -0.05) is 19.8 Å². The number of aryl methyl sites for hydroxylation is 1. The highest BCUT2D eigenvalue weighted by Gasteiger charge is 2.28. The summed E-state index contributed by atoms with van der Waals surface area (Å²) in [5, 5.41) is 8.88. The standard InChI is InChI=1S/C14H24N4/c1-10-2-5-12(6-3-10)14-17-16-13-7-4-11(8-15)9-18(13)14/h10-12H,2-9,15H2,1H3. The molecule has 0 amide bonds. The molecule has 18 heavy (non-hydrogen) atoms. The SMILES string of the molecule is CC1CCC(c2nnc3n2CC(CN)CC3)CC1. The predicted molar refractivity (Wildman–Crippen MR) is 71.3 cm³/mol. The van der Waals surface area contributed by atoms with Gasteiger partial charge in [-0.2, -0.15) is 0 Å². The molecule has 1 aromatic rings. The average molecular weight is 248 g/mol. The summed E-state index contributed by atoms with van der Waals surface area (Å²) < 4.78 is 2.38. The second-order valence-electron chi connectivity index (χ2n) is 6.18. The van der Waals surface area contributed by atoms with Gasteiger partial charge in [0.05, 0.1) is 0 Å². The Bertz CT molecular complexity index is 404. The fourth-order valence-corrected chi connectivity index (χ4v) is 3.43. The molecule has 2 aliphatic rings. The van der Waals surface area contributed by atoms with Crippen molar-refractivity contribution in [3.05, 3.63) is 11.6 Å². The zero-order chi connectivity index (χ0) is 12.5. The molecule has 4 nitrogen and oxygen atoms in total. The van der Waals surface area contributed by atoms with E-state index in [9.17, 15) is 0 Å². The summed E-state index contributed by atoms with van der Waals surface area (Å²) >= 11 is 0. The second kappa shape index (κ2) is 5.00. The van der Waals surface area contributed by atoms with Crippen molar-refractivity contribution < 1.29 is 0 Å². The minimum Gasteiger partial charge on any atom is -0.330 e. The first-order valence-corrected chi connectivity index (χ1v) is 7.40. The lowest BCUT2D eigenvalue weighted by Gasteiger charge is -2.28. The maximum Gasteiger partial charge on any atom is 0.136 e. The molecule has 0 aromatic carbocycles. The molecule has 1 aromatic heterocycles. The summed E-state index contributed by atoms with van der Waals surface area (Å²) in [4.78, 5) is 0. The van der Waals surface area contributed by atoms with E-state index in [1.165, 1.54) is 43.8 Å². The number of hydrogen-bond donors (Lipinski definition) is 1. The first kappa shape index (κ1) is 12.2. The summed E-state index contributed by atoms with van der Waals surface area (Å²) in [6.07, 6.45) is 7.48. The molecule has 4 heteroatoms. The third-order valence-electron chi connectivity index (χ3n) is 4.79. The second-order valence-corrected chi connectivity index (χ2v) is 6.18. The van der Waals surface area contributed by atoms with Crippen LogP contribution < -0.4 is 5.73 Å². The van der Waals surface area contributed by atoms with E-state index in [2.05, 4.69) is 21.7 Å². The Balaban J connectivity index is 1.79. The van der Waals surface area contributed by atoms with Gasteiger partial charge in [-0.3, -0.25) is 0 Å². The molecule has 1 aliphatic heterocycles. The smallest absolute Gasteiger partial charge is 0.136 e. The Labute approximate surface area is 109 Å². The molecule has 3 rings (SSSR count). The molecule has 1 atom stereocenters. The lowest BCUT2D eigenvalue weighted by molar-refractivity contribution is 0.315. The molecule has 0 spiro atoms. The molecular weight excluding hydrogens is 224 g/mol. The summed E-state index contributed by atoms with van der Waals surface area (Å²) in [7, 11) is 0. The van der Waals surface area contributed by atoms with Gasteiger partial charge in [-0.15, -0.1) is 10.2 Å². The van der Waals surface area contributed by atoms with Crippen LogP contribution in [0.25, 0.3) is 0 Å². The van der Waals surface area contributed by atoms with E-state index in [-0.39, 0.29) is 0 Å². The summed E-state index contributed by atoms with van der Waals surface area (Å²) in [5.41, 5.74) is 5.82. The van der Waals surface area contributed by atoms with Crippen LogP contribution in [0, 0.1) is 11.8 Å². The molecular formula is C14H24N4. The van der Waals surface area contributed by atoms with Gasteiger partial charge < -0.3 is 10.3 Å². The van der Waals surface area contributed by atoms with Crippen molar-refractivity contribution in [2.45, 2.75) is 57.9 Å². The molecule has 1 saturated carbocycles. The van der Waals surface area contributed by atoms with Crippen LogP contribution in [-0.4, -0.2) is 21.3 Å². The van der Waals surface area contributed by atoms with E-state index in [1.54, 1.807) is 0 Å². The third-order valence-corrected chi connectivity index (χ3v) is 4.79. The monoisotopic (exact) mass is 248 g/mol. The van der Waals surface area contributed by atoms with Crippen LogP contribution in [0.1, 0.15) is 56.6 Å². The highest BCUT2D eigenvalue weighted by Crippen LogP contribution is 2.35. The van der Waals surface area contributed by atoms with Crippen LogP contribution in [-0.2, 0) is 13.0 Å². The third kappa shape index (κ3) is 2.18. The Morgan fingerprint density at radius 2 is 1.94 bits per heavy atom.